The molecule has 9 heteroatoms. The van der Waals surface area contributed by atoms with Crippen LogP contribution in [0.2, 0.25) is 5.02 Å². The van der Waals surface area contributed by atoms with Crippen LogP contribution in [-0.2, 0) is 9.53 Å². The number of benzene rings is 2. The van der Waals surface area contributed by atoms with E-state index in [2.05, 4.69) is 30.8 Å². The van der Waals surface area contributed by atoms with E-state index in [0.717, 1.165) is 10.9 Å². The van der Waals surface area contributed by atoms with Crippen molar-refractivity contribution in [3.8, 4) is 5.75 Å². The standard InChI is InChI=1S/C22H21BrClN3O4/c1-4-13(2)21-26-18-7-5-15(23)10-17(18)22(29)27(21)25-11-14-9-16(24)6-8-19(14)31-12-20(28)30-3/h5-11,13H,4,12H2,1-3H3/t13-/m1/s1. The third-order valence-corrected chi connectivity index (χ3v) is 5.47. The first kappa shape index (κ1) is 23.0. The average molecular weight is 507 g/mol. The molecule has 1 heterocycles. The van der Waals surface area contributed by atoms with E-state index < -0.39 is 5.97 Å². The van der Waals surface area contributed by atoms with Gasteiger partial charge in [-0.3, -0.25) is 4.79 Å². The molecule has 162 valence electrons. The SMILES string of the molecule is CC[C@@H](C)c1nc2ccc(Br)cc2c(=O)n1N=Cc1cc(Cl)ccc1OCC(=O)OC. The first-order chi connectivity index (χ1) is 14.8. The Morgan fingerprint density at radius 1 is 1.32 bits per heavy atom. The molecular formula is C22H21BrClN3O4. The molecule has 0 aliphatic heterocycles. The molecule has 0 saturated carbocycles. The van der Waals surface area contributed by atoms with Gasteiger partial charge in [0.25, 0.3) is 5.56 Å². The Hall–Kier alpha value is -2.71. The Kier molecular flexibility index (Phi) is 7.46. The minimum Gasteiger partial charge on any atom is -0.481 e. The van der Waals surface area contributed by atoms with Crippen molar-refractivity contribution in [2.24, 2.45) is 5.10 Å². The molecule has 3 aromatic rings. The number of fused-ring (bicyclic) bond motifs is 1. The van der Waals surface area contributed by atoms with Gasteiger partial charge in [-0.2, -0.15) is 9.78 Å². The van der Waals surface area contributed by atoms with E-state index in [0.29, 0.717) is 33.1 Å². The lowest BCUT2D eigenvalue weighted by Crippen LogP contribution is -2.23. The average Bonchev–Trinajstić information content (AvgIpc) is 2.77. The van der Waals surface area contributed by atoms with Gasteiger partial charge in [0.05, 0.1) is 24.2 Å². The summed E-state index contributed by atoms with van der Waals surface area (Å²) < 4.78 is 12.2. The van der Waals surface area contributed by atoms with Crippen LogP contribution in [-0.4, -0.2) is 35.6 Å². The largest absolute Gasteiger partial charge is 0.481 e. The highest BCUT2D eigenvalue weighted by Gasteiger charge is 2.16. The van der Waals surface area contributed by atoms with Crippen LogP contribution >= 0.6 is 27.5 Å². The van der Waals surface area contributed by atoms with Crippen molar-refractivity contribution < 1.29 is 14.3 Å². The molecule has 0 radical (unpaired) electrons. The maximum Gasteiger partial charge on any atom is 0.343 e. The maximum atomic E-state index is 13.2. The number of nitrogens with zero attached hydrogens (tertiary/aromatic N) is 3. The van der Waals surface area contributed by atoms with Gasteiger partial charge in [-0.1, -0.05) is 41.4 Å². The van der Waals surface area contributed by atoms with Crippen molar-refractivity contribution in [3.63, 3.8) is 0 Å². The smallest absolute Gasteiger partial charge is 0.343 e. The number of hydrogen-bond acceptors (Lipinski definition) is 6. The predicted octanol–water partition coefficient (Wildman–Crippen LogP) is 4.76. The molecule has 3 rings (SSSR count). The zero-order valence-corrected chi connectivity index (χ0v) is 19.6. The highest BCUT2D eigenvalue weighted by molar-refractivity contribution is 9.10. The molecule has 0 bridgehead atoms. The van der Waals surface area contributed by atoms with E-state index in [1.54, 1.807) is 30.3 Å². The number of methoxy groups -OCH3 is 1. The molecule has 0 aliphatic carbocycles. The Labute approximate surface area is 192 Å². The zero-order valence-electron chi connectivity index (χ0n) is 17.3. The second-order valence-corrected chi connectivity index (χ2v) is 8.20. The summed E-state index contributed by atoms with van der Waals surface area (Å²) in [6.07, 6.45) is 2.26. The van der Waals surface area contributed by atoms with Crippen molar-refractivity contribution >= 4 is 50.6 Å². The molecule has 31 heavy (non-hydrogen) atoms. The van der Waals surface area contributed by atoms with Crippen LogP contribution in [0.1, 0.15) is 37.6 Å². The van der Waals surface area contributed by atoms with Gasteiger partial charge in [-0.15, -0.1) is 0 Å². The van der Waals surface area contributed by atoms with Gasteiger partial charge in [0.2, 0.25) is 0 Å². The summed E-state index contributed by atoms with van der Waals surface area (Å²) in [5, 5.41) is 5.33. The minimum absolute atomic E-state index is 0.00676. The quantitative estimate of drug-likeness (QED) is 0.341. The van der Waals surface area contributed by atoms with E-state index in [1.807, 2.05) is 19.9 Å². The summed E-state index contributed by atoms with van der Waals surface area (Å²) in [7, 11) is 1.28. The molecule has 2 aromatic carbocycles. The highest BCUT2D eigenvalue weighted by atomic mass is 79.9. The second-order valence-electron chi connectivity index (χ2n) is 6.85. The van der Waals surface area contributed by atoms with Crippen molar-refractivity contribution in [1.82, 2.24) is 9.66 Å². The summed E-state index contributed by atoms with van der Waals surface area (Å²) >= 11 is 9.52. The molecule has 1 aromatic heterocycles. The van der Waals surface area contributed by atoms with Gasteiger partial charge in [0.1, 0.15) is 11.6 Å². The molecule has 0 N–H and O–H groups in total. The molecule has 0 aliphatic rings. The van der Waals surface area contributed by atoms with Gasteiger partial charge in [-0.25, -0.2) is 9.78 Å². The number of esters is 1. The van der Waals surface area contributed by atoms with Gasteiger partial charge in [0, 0.05) is 21.0 Å². The van der Waals surface area contributed by atoms with Crippen LogP contribution in [0.25, 0.3) is 10.9 Å². The second kappa shape index (κ2) is 10.1. The first-order valence-corrected chi connectivity index (χ1v) is 10.8. The lowest BCUT2D eigenvalue weighted by Gasteiger charge is -2.14. The van der Waals surface area contributed by atoms with Crippen LogP contribution in [0.15, 0.2) is 50.8 Å². The van der Waals surface area contributed by atoms with Crippen LogP contribution < -0.4 is 10.3 Å². The summed E-state index contributed by atoms with van der Waals surface area (Å²) in [6.45, 7) is 3.75. The summed E-state index contributed by atoms with van der Waals surface area (Å²) in [5.41, 5.74) is 0.837. The van der Waals surface area contributed by atoms with E-state index in [1.165, 1.54) is 18.0 Å². The molecule has 0 amide bonds. The third-order valence-electron chi connectivity index (χ3n) is 4.74. The number of ether oxygens (including phenoxy) is 2. The van der Waals surface area contributed by atoms with Gasteiger partial charge in [-0.05, 0) is 42.8 Å². The van der Waals surface area contributed by atoms with Crippen molar-refractivity contribution in [2.45, 2.75) is 26.2 Å². The minimum atomic E-state index is -0.516. The molecule has 0 fully saturated rings. The predicted molar refractivity (Wildman–Crippen MR) is 124 cm³/mol. The number of hydrogen-bond donors (Lipinski definition) is 0. The van der Waals surface area contributed by atoms with Crippen molar-refractivity contribution in [3.05, 3.63) is 67.6 Å². The van der Waals surface area contributed by atoms with Gasteiger partial charge < -0.3 is 9.47 Å². The third kappa shape index (κ3) is 5.32. The molecule has 0 spiro atoms. The van der Waals surface area contributed by atoms with E-state index in [9.17, 15) is 9.59 Å². The fourth-order valence-electron chi connectivity index (χ4n) is 2.85. The topological polar surface area (TPSA) is 82.8 Å². The lowest BCUT2D eigenvalue weighted by atomic mass is 10.1. The lowest BCUT2D eigenvalue weighted by molar-refractivity contribution is -0.142. The van der Waals surface area contributed by atoms with Gasteiger partial charge >= 0.3 is 5.97 Å². The summed E-state index contributed by atoms with van der Waals surface area (Å²) in [4.78, 5) is 29.3. The van der Waals surface area contributed by atoms with Gasteiger partial charge in [0.15, 0.2) is 6.61 Å². The van der Waals surface area contributed by atoms with Crippen LogP contribution in [0.3, 0.4) is 0 Å². The molecule has 0 unspecified atom stereocenters. The Morgan fingerprint density at radius 3 is 2.81 bits per heavy atom. The summed E-state index contributed by atoms with van der Waals surface area (Å²) in [6, 6.07) is 10.3. The Bertz CT molecular complexity index is 1210. The van der Waals surface area contributed by atoms with E-state index in [4.69, 9.17) is 16.3 Å². The number of halogens is 2. The molecule has 0 saturated heterocycles. The fraction of sp³-hybridized carbons (Fsp3) is 0.273. The van der Waals surface area contributed by atoms with Crippen LogP contribution in [0.5, 0.6) is 5.75 Å². The maximum absolute atomic E-state index is 13.2. The fourth-order valence-corrected chi connectivity index (χ4v) is 3.39. The Morgan fingerprint density at radius 2 is 2.10 bits per heavy atom. The Balaban J connectivity index is 2.10. The normalized spacial score (nSPS) is 12.3. The number of aromatic nitrogens is 2. The summed E-state index contributed by atoms with van der Waals surface area (Å²) in [5.74, 6) is 0.426. The van der Waals surface area contributed by atoms with Crippen LogP contribution in [0.4, 0.5) is 0 Å². The zero-order chi connectivity index (χ0) is 22.5. The van der Waals surface area contributed by atoms with Crippen molar-refractivity contribution in [2.75, 3.05) is 13.7 Å². The number of rotatable bonds is 7. The monoisotopic (exact) mass is 505 g/mol. The van der Waals surface area contributed by atoms with Crippen LogP contribution in [0, 0.1) is 0 Å². The molecule has 1 atom stereocenters. The molecular weight excluding hydrogens is 486 g/mol. The van der Waals surface area contributed by atoms with E-state index in [-0.39, 0.29) is 18.1 Å². The van der Waals surface area contributed by atoms with E-state index >= 15 is 0 Å². The molecule has 7 nitrogen and oxygen atoms in total. The first-order valence-electron chi connectivity index (χ1n) is 9.59. The van der Waals surface area contributed by atoms with Crippen molar-refractivity contribution in [1.29, 1.82) is 0 Å². The highest BCUT2D eigenvalue weighted by Crippen LogP contribution is 2.23. The number of carbonyl (C=O) groups excluding carboxylic acids is 1. The number of carbonyl (C=O) groups is 1.